The zero-order chi connectivity index (χ0) is 13.2. The summed E-state index contributed by atoms with van der Waals surface area (Å²) in [5.41, 5.74) is 1.24. The Kier molecular flexibility index (Phi) is 3.93. The van der Waals surface area contributed by atoms with Crippen molar-refractivity contribution in [3.8, 4) is 0 Å². The molecule has 1 heterocycles. The Morgan fingerprint density at radius 2 is 1.88 bits per heavy atom. The Hall–Kier alpha value is -1.36. The molecule has 1 rings (SSSR count). The monoisotopic (exact) mass is 240 g/mol. The second-order valence-electron chi connectivity index (χ2n) is 5.29. The van der Waals surface area contributed by atoms with Gasteiger partial charge in [-0.25, -0.2) is 0 Å². The molecule has 17 heavy (non-hydrogen) atoms. The molecule has 0 aromatic carbocycles. The third-order valence-corrected chi connectivity index (χ3v) is 2.88. The zero-order valence-corrected chi connectivity index (χ0v) is 10.8. The molecule has 2 N–H and O–H groups in total. The molecule has 0 unspecified atom stereocenters. The molecule has 1 aliphatic heterocycles. The molecule has 0 aromatic rings. The number of nitrogens with one attached hydrogen (secondary N) is 1. The van der Waals surface area contributed by atoms with Crippen LogP contribution in [0.25, 0.3) is 0 Å². The summed E-state index contributed by atoms with van der Waals surface area (Å²) in [6.07, 6.45) is 0. The van der Waals surface area contributed by atoms with Crippen LogP contribution in [-0.4, -0.2) is 47.1 Å². The number of carboxylic acid groups (broad SMARTS) is 1. The number of rotatable bonds is 3. The van der Waals surface area contributed by atoms with Gasteiger partial charge in [-0.1, -0.05) is 0 Å². The second kappa shape index (κ2) is 4.87. The molecule has 1 fully saturated rings. The fourth-order valence-corrected chi connectivity index (χ4v) is 1.62. The molecule has 1 aliphatic rings. The smallest absolute Gasteiger partial charge is 0.323 e. The Balaban J connectivity index is 2.90. The van der Waals surface area contributed by atoms with Crippen LogP contribution in [0.3, 0.4) is 0 Å². The van der Waals surface area contributed by atoms with Crippen molar-refractivity contribution in [2.75, 3.05) is 19.6 Å². The minimum atomic E-state index is -0.988. The first-order valence-corrected chi connectivity index (χ1v) is 5.66. The highest BCUT2D eigenvalue weighted by Gasteiger charge is 2.30. The fourth-order valence-electron chi connectivity index (χ4n) is 1.62. The Morgan fingerprint density at radius 3 is 2.18 bits per heavy atom. The minimum Gasteiger partial charge on any atom is -0.480 e. The number of aliphatic carboxylic acids is 1. The first-order valence-electron chi connectivity index (χ1n) is 5.66. The summed E-state index contributed by atoms with van der Waals surface area (Å²) in [6.45, 7) is 8.46. The van der Waals surface area contributed by atoms with E-state index in [0.717, 1.165) is 18.7 Å². The van der Waals surface area contributed by atoms with Gasteiger partial charge in [0.2, 0.25) is 0 Å². The number of carboxylic acids is 1. The van der Waals surface area contributed by atoms with E-state index < -0.39 is 11.5 Å². The molecule has 0 saturated carbocycles. The highest BCUT2D eigenvalue weighted by molar-refractivity contribution is 5.96. The van der Waals surface area contributed by atoms with Crippen LogP contribution in [0.2, 0.25) is 0 Å². The lowest BCUT2D eigenvalue weighted by Crippen LogP contribution is -2.49. The van der Waals surface area contributed by atoms with Crippen molar-refractivity contribution >= 4 is 11.9 Å². The van der Waals surface area contributed by atoms with Gasteiger partial charge in [-0.2, -0.15) is 0 Å². The van der Waals surface area contributed by atoms with Crippen LogP contribution in [-0.2, 0) is 9.59 Å². The highest BCUT2D eigenvalue weighted by atomic mass is 16.4. The van der Waals surface area contributed by atoms with Gasteiger partial charge >= 0.3 is 5.97 Å². The van der Waals surface area contributed by atoms with E-state index in [9.17, 15) is 9.59 Å². The molecular formula is C12H20N2O3. The number of hydrogen-bond donors (Lipinski definition) is 2. The SMILES string of the molecule is CC(C(=O)N(CC(=O)O)C(C)(C)C)=C1CNC1. The molecule has 0 aromatic heterocycles. The first-order chi connectivity index (χ1) is 7.73. The molecule has 0 bridgehead atoms. The lowest BCUT2D eigenvalue weighted by Gasteiger charge is -2.36. The summed E-state index contributed by atoms with van der Waals surface area (Å²) >= 11 is 0. The third-order valence-electron chi connectivity index (χ3n) is 2.88. The maximum atomic E-state index is 12.2. The van der Waals surface area contributed by atoms with Crippen LogP contribution in [0.15, 0.2) is 11.1 Å². The van der Waals surface area contributed by atoms with Gasteiger partial charge in [0.05, 0.1) is 0 Å². The van der Waals surface area contributed by atoms with E-state index in [1.165, 1.54) is 4.90 Å². The standard InChI is InChI=1S/C12H20N2O3/c1-8(9-5-13-6-9)11(17)14(7-10(15)16)12(2,3)4/h13H,5-7H2,1-4H3,(H,15,16). The van der Waals surface area contributed by atoms with Crippen molar-refractivity contribution < 1.29 is 14.7 Å². The Morgan fingerprint density at radius 1 is 1.35 bits per heavy atom. The zero-order valence-electron chi connectivity index (χ0n) is 10.8. The first kappa shape index (κ1) is 13.7. The summed E-state index contributed by atoms with van der Waals surface area (Å²) < 4.78 is 0. The van der Waals surface area contributed by atoms with Gasteiger partial charge in [0, 0.05) is 24.2 Å². The van der Waals surface area contributed by atoms with E-state index in [-0.39, 0.29) is 12.5 Å². The third kappa shape index (κ3) is 3.30. The molecule has 1 saturated heterocycles. The average Bonchev–Trinajstić information content (AvgIpc) is 2.08. The van der Waals surface area contributed by atoms with Crippen LogP contribution in [0.4, 0.5) is 0 Å². The van der Waals surface area contributed by atoms with Crippen molar-refractivity contribution in [3.63, 3.8) is 0 Å². The van der Waals surface area contributed by atoms with E-state index in [0.29, 0.717) is 5.57 Å². The summed E-state index contributed by atoms with van der Waals surface area (Å²) in [6, 6.07) is 0. The van der Waals surface area contributed by atoms with Crippen LogP contribution < -0.4 is 5.32 Å². The summed E-state index contributed by atoms with van der Waals surface area (Å²) in [7, 11) is 0. The molecule has 1 amide bonds. The second-order valence-corrected chi connectivity index (χ2v) is 5.29. The van der Waals surface area contributed by atoms with Crippen LogP contribution in [0, 0.1) is 0 Å². The van der Waals surface area contributed by atoms with Crippen molar-refractivity contribution in [3.05, 3.63) is 11.1 Å². The molecular weight excluding hydrogens is 220 g/mol. The quantitative estimate of drug-likeness (QED) is 0.709. The van der Waals surface area contributed by atoms with Crippen molar-refractivity contribution in [1.82, 2.24) is 10.2 Å². The average molecular weight is 240 g/mol. The molecule has 0 spiro atoms. The van der Waals surface area contributed by atoms with Gasteiger partial charge in [-0.05, 0) is 33.3 Å². The molecule has 5 heteroatoms. The number of amides is 1. The van der Waals surface area contributed by atoms with Gasteiger partial charge in [0.1, 0.15) is 6.54 Å². The van der Waals surface area contributed by atoms with Gasteiger partial charge in [0.25, 0.3) is 5.91 Å². The van der Waals surface area contributed by atoms with Crippen LogP contribution in [0.5, 0.6) is 0 Å². The van der Waals surface area contributed by atoms with E-state index in [4.69, 9.17) is 5.11 Å². The molecule has 96 valence electrons. The van der Waals surface area contributed by atoms with Gasteiger partial charge in [0.15, 0.2) is 0 Å². The maximum absolute atomic E-state index is 12.2. The van der Waals surface area contributed by atoms with Gasteiger partial charge in [-0.3, -0.25) is 9.59 Å². The predicted molar refractivity (Wildman–Crippen MR) is 64.7 cm³/mol. The van der Waals surface area contributed by atoms with Gasteiger partial charge in [-0.15, -0.1) is 0 Å². The lowest BCUT2D eigenvalue weighted by molar-refractivity contribution is -0.146. The summed E-state index contributed by atoms with van der Waals surface area (Å²) in [5, 5.41) is 11.9. The van der Waals surface area contributed by atoms with E-state index in [1.54, 1.807) is 6.92 Å². The summed E-state index contributed by atoms with van der Waals surface area (Å²) in [4.78, 5) is 24.4. The minimum absolute atomic E-state index is 0.184. The van der Waals surface area contributed by atoms with E-state index in [1.807, 2.05) is 20.8 Å². The fraction of sp³-hybridized carbons (Fsp3) is 0.667. The van der Waals surface area contributed by atoms with E-state index >= 15 is 0 Å². The Bertz CT molecular complexity index is 360. The van der Waals surface area contributed by atoms with Crippen molar-refractivity contribution in [2.24, 2.45) is 0 Å². The topological polar surface area (TPSA) is 69.6 Å². The molecule has 5 nitrogen and oxygen atoms in total. The molecule has 0 atom stereocenters. The lowest BCUT2D eigenvalue weighted by atomic mass is 10.00. The van der Waals surface area contributed by atoms with Crippen molar-refractivity contribution in [1.29, 1.82) is 0 Å². The molecule has 0 aliphatic carbocycles. The normalized spacial score (nSPS) is 15.2. The van der Waals surface area contributed by atoms with Crippen LogP contribution in [0.1, 0.15) is 27.7 Å². The number of nitrogens with zero attached hydrogens (tertiary/aromatic N) is 1. The van der Waals surface area contributed by atoms with Gasteiger partial charge < -0.3 is 15.3 Å². The number of carbonyl (C=O) groups excluding carboxylic acids is 1. The highest BCUT2D eigenvalue weighted by Crippen LogP contribution is 2.19. The van der Waals surface area contributed by atoms with Crippen LogP contribution >= 0.6 is 0 Å². The Labute approximate surface area is 101 Å². The number of carbonyl (C=O) groups is 2. The van der Waals surface area contributed by atoms with Crippen molar-refractivity contribution in [2.45, 2.75) is 33.2 Å². The maximum Gasteiger partial charge on any atom is 0.323 e. The largest absolute Gasteiger partial charge is 0.480 e. The molecule has 0 radical (unpaired) electrons. The number of hydrogen-bond acceptors (Lipinski definition) is 3. The van der Waals surface area contributed by atoms with E-state index in [2.05, 4.69) is 5.32 Å². The summed E-state index contributed by atoms with van der Waals surface area (Å²) in [5.74, 6) is -1.17. The predicted octanol–water partition coefficient (Wildman–Crippen LogP) is 0.618.